The summed E-state index contributed by atoms with van der Waals surface area (Å²) in [6, 6.07) is 9.51. The van der Waals surface area contributed by atoms with E-state index in [0.29, 0.717) is 6.04 Å². The van der Waals surface area contributed by atoms with Crippen LogP contribution >= 0.6 is 0 Å². The van der Waals surface area contributed by atoms with E-state index >= 15 is 0 Å². The number of hydrogen-bond donors (Lipinski definition) is 1. The molecule has 0 amide bonds. The smallest absolute Gasteiger partial charge is 0.125 e. The molecule has 1 fully saturated rings. The van der Waals surface area contributed by atoms with E-state index in [0.717, 1.165) is 25.2 Å². The molecule has 0 aliphatic heterocycles. The quantitative estimate of drug-likeness (QED) is 0.831. The summed E-state index contributed by atoms with van der Waals surface area (Å²) in [5.74, 6) is -0.222. The predicted molar refractivity (Wildman–Crippen MR) is 79.1 cm³/mol. The van der Waals surface area contributed by atoms with E-state index in [1.54, 1.807) is 12.1 Å². The SMILES string of the molecule is CCN(CCC(C)(C#N)NC1CC1)c1cccc(F)c1. The predicted octanol–water partition coefficient (Wildman–Crippen LogP) is 3.08. The van der Waals surface area contributed by atoms with E-state index in [1.165, 1.54) is 18.9 Å². The van der Waals surface area contributed by atoms with E-state index in [4.69, 9.17) is 0 Å². The van der Waals surface area contributed by atoms with Crippen molar-refractivity contribution >= 4 is 5.69 Å². The van der Waals surface area contributed by atoms with Crippen molar-refractivity contribution in [2.75, 3.05) is 18.0 Å². The van der Waals surface area contributed by atoms with E-state index in [-0.39, 0.29) is 5.82 Å². The molecule has 0 radical (unpaired) electrons. The van der Waals surface area contributed by atoms with Gasteiger partial charge in [-0.2, -0.15) is 5.26 Å². The number of halogens is 1. The molecule has 0 aromatic heterocycles. The summed E-state index contributed by atoms with van der Waals surface area (Å²) in [6.45, 7) is 5.53. The molecule has 1 saturated carbocycles. The topological polar surface area (TPSA) is 39.1 Å². The van der Waals surface area contributed by atoms with E-state index in [9.17, 15) is 9.65 Å². The van der Waals surface area contributed by atoms with Crippen LogP contribution in [0.5, 0.6) is 0 Å². The zero-order chi connectivity index (χ0) is 14.6. The maximum atomic E-state index is 13.3. The van der Waals surface area contributed by atoms with Gasteiger partial charge in [0.15, 0.2) is 0 Å². The minimum atomic E-state index is -0.498. The molecular formula is C16H22FN3. The highest BCUT2D eigenvalue weighted by Gasteiger charge is 2.32. The molecular weight excluding hydrogens is 253 g/mol. The zero-order valence-electron chi connectivity index (χ0n) is 12.2. The van der Waals surface area contributed by atoms with Gasteiger partial charge in [0.05, 0.1) is 6.07 Å². The lowest BCUT2D eigenvalue weighted by molar-refractivity contribution is 0.415. The second-order valence-corrected chi connectivity index (χ2v) is 5.67. The molecule has 20 heavy (non-hydrogen) atoms. The normalized spacial score (nSPS) is 17.3. The molecule has 4 heteroatoms. The Morgan fingerprint density at radius 2 is 2.25 bits per heavy atom. The Morgan fingerprint density at radius 3 is 2.80 bits per heavy atom. The van der Waals surface area contributed by atoms with Crippen molar-refractivity contribution in [3.05, 3.63) is 30.1 Å². The Hall–Kier alpha value is -1.60. The van der Waals surface area contributed by atoms with Gasteiger partial charge in [0, 0.05) is 24.8 Å². The van der Waals surface area contributed by atoms with Gasteiger partial charge in [-0.15, -0.1) is 0 Å². The number of benzene rings is 1. The minimum absolute atomic E-state index is 0.222. The molecule has 108 valence electrons. The Labute approximate surface area is 120 Å². The number of anilines is 1. The van der Waals surface area contributed by atoms with Crippen molar-refractivity contribution in [2.45, 2.75) is 44.7 Å². The van der Waals surface area contributed by atoms with Crippen molar-refractivity contribution in [1.29, 1.82) is 5.26 Å². The number of nitrogens with zero attached hydrogens (tertiary/aromatic N) is 2. The van der Waals surface area contributed by atoms with Crippen LogP contribution < -0.4 is 10.2 Å². The highest BCUT2D eigenvalue weighted by atomic mass is 19.1. The summed E-state index contributed by atoms with van der Waals surface area (Å²) in [6.07, 6.45) is 3.06. The first-order valence-electron chi connectivity index (χ1n) is 7.26. The van der Waals surface area contributed by atoms with Crippen molar-refractivity contribution < 1.29 is 4.39 Å². The average Bonchev–Trinajstić information content (AvgIpc) is 3.23. The number of hydrogen-bond acceptors (Lipinski definition) is 3. The van der Waals surface area contributed by atoms with Crippen LogP contribution in [0.25, 0.3) is 0 Å². The summed E-state index contributed by atoms with van der Waals surface area (Å²) in [5.41, 5.74) is 0.376. The largest absolute Gasteiger partial charge is 0.372 e. The summed E-state index contributed by atoms with van der Waals surface area (Å²) < 4.78 is 13.3. The van der Waals surface area contributed by atoms with E-state index in [1.807, 2.05) is 19.9 Å². The van der Waals surface area contributed by atoms with Crippen LogP contribution in [-0.2, 0) is 0 Å². The van der Waals surface area contributed by atoms with Gasteiger partial charge in [-0.3, -0.25) is 5.32 Å². The lowest BCUT2D eigenvalue weighted by atomic mass is 9.99. The number of nitriles is 1. The van der Waals surface area contributed by atoms with Crippen molar-refractivity contribution in [2.24, 2.45) is 0 Å². The first-order chi connectivity index (χ1) is 9.56. The fraction of sp³-hybridized carbons (Fsp3) is 0.562. The van der Waals surface area contributed by atoms with Crippen LogP contribution in [0.4, 0.5) is 10.1 Å². The summed E-state index contributed by atoms with van der Waals surface area (Å²) in [5, 5.41) is 12.8. The molecule has 2 rings (SSSR count). The highest BCUT2D eigenvalue weighted by molar-refractivity contribution is 5.46. The fourth-order valence-corrected chi connectivity index (χ4v) is 2.34. The van der Waals surface area contributed by atoms with Gasteiger partial charge in [0.1, 0.15) is 11.4 Å². The molecule has 1 aromatic rings. The van der Waals surface area contributed by atoms with Crippen LogP contribution in [0.15, 0.2) is 24.3 Å². The van der Waals surface area contributed by atoms with E-state index < -0.39 is 5.54 Å². The third kappa shape index (κ3) is 3.94. The Balaban J connectivity index is 1.97. The molecule has 0 bridgehead atoms. The van der Waals surface area contributed by atoms with Crippen LogP contribution in [0, 0.1) is 17.1 Å². The molecule has 0 saturated heterocycles. The Bertz CT molecular complexity index is 493. The van der Waals surface area contributed by atoms with Crippen molar-refractivity contribution in [1.82, 2.24) is 5.32 Å². The molecule has 1 aliphatic carbocycles. The second-order valence-electron chi connectivity index (χ2n) is 5.67. The molecule has 1 aliphatic rings. The van der Waals surface area contributed by atoms with Crippen molar-refractivity contribution in [3.63, 3.8) is 0 Å². The molecule has 1 aromatic carbocycles. The molecule has 1 unspecified atom stereocenters. The monoisotopic (exact) mass is 275 g/mol. The third-order valence-corrected chi connectivity index (χ3v) is 3.78. The van der Waals surface area contributed by atoms with Gasteiger partial charge in [0.2, 0.25) is 0 Å². The molecule has 1 atom stereocenters. The lowest BCUT2D eigenvalue weighted by Crippen LogP contribution is -2.45. The highest BCUT2D eigenvalue weighted by Crippen LogP contribution is 2.24. The van der Waals surface area contributed by atoms with Crippen molar-refractivity contribution in [3.8, 4) is 6.07 Å². The number of nitrogens with one attached hydrogen (secondary N) is 1. The maximum Gasteiger partial charge on any atom is 0.125 e. The van der Waals surface area contributed by atoms with E-state index in [2.05, 4.69) is 16.3 Å². The standard InChI is InChI=1S/C16H22FN3/c1-3-20(15-6-4-5-13(17)11-15)10-9-16(2,12-18)19-14-7-8-14/h4-6,11,14,19H,3,7-10H2,1-2H3. The Morgan fingerprint density at radius 1 is 1.50 bits per heavy atom. The zero-order valence-corrected chi connectivity index (χ0v) is 12.2. The molecule has 0 spiro atoms. The second kappa shape index (κ2) is 6.23. The van der Waals surface area contributed by atoms with Gasteiger partial charge >= 0.3 is 0 Å². The molecule has 1 N–H and O–H groups in total. The van der Waals surface area contributed by atoms with Gasteiger partial charge in [-0.1, -0.05) is 6.07 Å². The third-order valence-electron chi connectivity index (χ3n) is 3.78. The lowest BCUT2D eigenvalue weighted by Gasteiger charge is -2.29. The van der Waals surface area contributed by atoms with Gasteiger partial charge in [-0.05, 0) is 51.3 Å². The van der Waals surface area contributed by atoms with Gasteiger partial charge < -0.3 is 4.90 Å². The first-order valence-corrected chi connectivity index (χ1v) is 7.26. The summed E-state index contributed by atoms with van der Waals surface area (Å²) in [7, 11) is 0. The minimum Gasteiger partial charge on any atom is -0.372 e. The fourth-order valence-electron chi connectivity index (χ4n) is 2.34. The van der Waals surface area contributed by atoms with Gasteiger partial charge in [-0.25, -0.2) is 4.39 Å². The van der Waals surface area contributed by atoms with Crippen LogP contribution in [0.2, 0.25) is 0 Å². The Kier molecular flexibility index (Phi) is 4.61. The maximum absolute atomic E-state index is 13.3. The van der Waals surface area contributed by atoms with Gasteiger partial charge in [0.25, 0.3) is 0 Å². The summed E-state index contributed by atoms with van der Waals surface area (Å²) in [4.78, 5) is 2.10. The van der Waals surface area contributed by atoms with Crippen LogP contribution in [0.3, 0.4) is 0 Å². The summed E-state index contributed by atoms with van der Waals surface area (Å²) >= 11 is 0. The van der Waals surface area contributed by atoms with Crippen LogP contribution in [0.1, 0.15) is 33.1 Å². The van der Waals surface area contributed by atoms with Crippen LogP contribution in [-0.4, -0.2) is 24.7 Å². The molecule has 0 heterocycles. The first kappa shape index (κ1) is 14.8. The molecule has 3 nitrogen and oxygen atoms in total. The number of rotatable bonds is 7. The average molecular weight is 275 g/mol.